The Labute approximate surface area is 125 Å². The van der Waals surface area contributed by atoms with Gasteiger partial charge in [0.05, 0.1) is 6.61 Å². The molecule has 3 heteroatoms. The molecule has 0 bridgehead atoms. The first-order chi connectivity index (χ1) is 9.56. The lowest BCUT2D eigenvalue weighted by Crippen LogP contribution is -2.43. The second-order valence-electron chi connectivity index (χ2n) is 7.52. The molecule has 0 aromatic rings. The van der Waals surface area contributed by atoms with E-state index < -0.39 is 0 Å². The van der Waals surface area contributed by atoms with Gasteiger partial charge in [0.25, 0.3) is 0 Å². The predicted octanol–water partition coefficient (Wildman–Crippen LogP) is 2.74. The first-order valence-electron chi connectivity index (χ1n) is 8.58. The Morgan fingerprint density at radius 2 is 1.95 bits per heavy atom. The SMILES string of the molecule is CC(C)C1CCC(N)C(CN(C)CCOCC2CC2)C1. The van der Waals surface area contributed by atoms with Crippen LogP contribution in [0.15, 0.2) is 0 Å². The molecule has 2 N–H and O–H groups in total. The summed E-state index contributed by atoms with van der Waals surface area (Å²) in [5, 5.41) is 0. The van der Waals surface area contributed by atoms with Gasteiger partial charge in [-0.25, -0.2) is 0 Å². The number of ether oxygens (including phenoxy) is 1. The minimum absolute atomic E-state index is 0.403. The van der Waals surface area contributed by atoms with Crippen molar-refractivity contribution in [2.24, 2.45) is 29.4 Å². The quantitative estimate of drug-likeness (QED) is 0.696. The summed E-state index contributed by atoms with van der Waals surface area (Å²) in [4.78, 5) is 2.42. The van der Waals surface area contributed by atoms with E-state index in [1.54, 1.807) is 0 Å². The Morgan fingerprint density at radius 1 is 1.20 bits per heavy atom. The van der Waals surface area contributed by atoms with Crippen LogP contribution < -0.4 is 5.73 Å². The summed E-state index contributed by atoms with van der Waals surface area (Å²) >= 11 is 0. The van der Waals surface area contributed by atoms with Crippen LogP contribution in [0.4, 0.5) is 0 Å². The van der Waals surface area contributed by atoms with Gasteiger partial charge in [0, 0.05) is 25.7 Å². The normalized spacial score (nSPS) is 31.2. The van der Waals surface area contributed by atoms with Crippen LogP contribution in [0.3, 0.4) is 0 Å². The van der Waals surface area contributed by atoms with Crippen LogP contribution in [-0.2, 0) is 4.74 Å². The van der Waals surface area contributed by atoms with Gasteiger partial charge in [0.1, 0.15) is 0 Å². The van der Waals surface area contributed by atoms with Crippen LogP contribution >= 0.6 is 0 Å². The van der Waals surface area contributed by atoms with Gasteiger partial charge in [-0.3, -0.25) is 0 Å². The molecule has 3 unspecified atom stereocenters. The number of rotatable bonds is 8. The zero-order valence-corrected chi connectivity index (χ0v) is 13.7. The number of hydrogen-bond donors (Lipinski definition) is 1. The van der Waals surface area contributed by atoms with E-state index >= 15 is 0 Å². The lowest BCUT2D eigenvalue weighted by atomic mass is 9.74. The molecule has 2 aliphatic carbocycles. The number of likely N-dealkylation sites (N-methyl/N-ethyl adjacent to an activating group) is 1. The first kappa shape index (κ1) is 16.3. The highest BCUT2D eigenvalue weighted by Crippen LogP contribution is 2.33. The molecular weight excluding hydrogens is 248 g/mol. The molecule has 0 aromatic heterocycles. The lowest BCUT2D eigenvalue weighted by molar-refractivity contribution is 0.0886. The van der Waals surface area contributed by atoms with Crippen molar-refractivity contribution in [3.05, 3.63) is 0 Å². The molecule has 0 saturated heterocycles. The highest BCUT2D eigenvalue weighted by molar-refractivity contribution is 4.85. The van der Waals surface area contributed by atoms with E-state index in [-0.39, 0.29) is 0 Å². The van der Waals surface area contributed by atoms with Crippen LogP contribution in [0.25, 0.3) is 0 Å². The molecule has 3 atom stereocenters. The molecule has 3 nitrogen and oxygen atoms in total. The maximum Gasteiger partial charge on any atom is 0.0593 e. The highest BCUT2D eigenvalue weighted by atomic mass is 16.5. The maximum atomic E-state index is 6.33. The van der Waals surface area contributed by atoms with Crippen molar-refractivity contribution >= 4 is 0 Å². The molecule has 2 fully saturated rings. The summed E-state index contributed by atoms with van der Waals surface area (Å²) in [7, 11) is 2.21. The zero-order chi connectivity index (χ0) is 14.5. The van der Waals surface area contributed by atoms with E-state index in [2.05, 4.69) is 25.8 Å². The fourth-order valence-electron chi connectivity index (χ4n) is 3.39. The standard InChI is InChI=1S/C17H34N2O/c1-13(2)15-6-7-17(18)16(10-15)11-19(3)8-9-20-12-14-4-5-14/h13-17H,4-12,18H2,1-3H3. The molecule has 2 saturated carbocycles. The Hall–Kier alpha value is -0.120. The van der Waals surface area contributed by atoms with Gasteiger partial charge in [-0.1, -0.05) is 13.8 Å². The Balaban J connectivity index is 1.63. The van der Waals surface area contributed by atoms with Crippen LogP contribution in [0.5, 0.6) is 0 Å². The van der Waals surface area contributed by atoms with Gasteiger partial charge in [-0.2, -0.15) is 0 Å². The van der Waals surface area contributed by atoms with Gasteiger partial charge in [-0.05, 0) is 62.8 Å². The van der Waals surface area contributed by atoms with Crippen molar-refractivity contribution < 1.29 is 4.74 Å². The van der Waals surface area contributed by atoms with Gasteiger partial charge < -0.3 is 15.4 Å². The Morgan fingerprint density at radius 3 is 2.60 bits per heavy atom. The van der Waals surface area contributed by atoms with E-state index in [1.807, 2.05) is 0 Å². The Kier molecular flexibility index (Phi) is 6.31. The third kappa shape index (κ3) is 5.34. The summed E-state index contributed by atoms with van der Waals surface area (Å²) in [5.74, 6) is 3.22. The average molecular weight is 282 g/mol. The minimum atomic E-state index is 0.403. The van der Waals surface area contributed by atoms with E-state index in [9.17, 15) is 0 Å². The van der Waals surface area contributed by atoms with E-state index in [4.69, 9.17) is 10.5 Å². The molecule has 0 spiro atoms. The molecular formula is C17H34N2O. The summed E-state index contributed by atoms with van der Waals surface area (Å²) in [6.07, 6.45) is 6.60. The molecule has 0 aliphatic heterocycles. The van der Waals surface area contributed by atoms with Gasteiger partial charge in [0.15, 0.2) is 0 Å². The van der Waals surface area contributed by atoms with Crippen LogP contribution in [0.1, 0.15) is 46.0 Å². The summed E-state index contributed by atoms with van der Waals surface area (Å²) in [6, 6.07) is 0.403. The number of hydrogen-bond acceptors (Lipinski definition) is 3. The topological polar surface area (TPSA) is 38.5 Å². The third-order valence-corrected chi connectivity index (χ3v) is 5.24. The lowest BCUT2D eigenvalue weighted by Gasteiger charge is -2.38. The number of nitrogens with two attached hydrogens (primary N) is 1. The van der Waals surface area contributed by atoms with E-state index in [1.165, 1.54) is 32.1 Å². The fraction of sp³-hybridized carbons (Fsp3) is 1.00. The second-order valence-corrected chi connectivity index (χ2v) is 7.52. The third-order valence-electron chi connectivity index (χ3n) is 5.24. The van der Waals surface area contributed by atoms with Gasteiger partial charge in [-0.15, -0.1) is 0 Å². The molecule has 0 heterocycles. The van der Waals surface area contributed by atoms with Crippen molar-refractivity contribution in [1.82, 2.24) is 4.90 Å². The van der Waals surface area contributed by atoms with Crippen molar-refractivity contribution in [2.45, 2.75) is 52.0 Å². The first-order valence-corrected chi connectivity index (χ1v) is 8.58. The van der Waals surface area contributed by atoms with Crippen LogP contribution in [0, 0.1) is 23.7 Å². The van der Waals surface area contributed by atoms with Crippen molar-refractivity contribution in [3.63, 3.8) is 0 Å². The summed E-state index contributed by atoms with van der Waals surface area (Å²) in [6.45, 7) is 8.75. The smallest absolute Gasteiger partial charge is 0.0593 e. The van der Waals surface area contributed by atoms with Crippen LogP contribution in [0.2, 0.25) is 0 Å². The average Bonchev–Trinajstić information content (AvgIpc) is 3.21. The van der Waals surface area contributed by atoms with Gasteiger partial charge >= 0.3 is 0 Å². The van der Waals surface area contributed by atoms with Gasteiger partial charge in [0.2, 0.25) is 0 Å². The van der Waals surface area contributed by atoms with E-state index in [0.717, 1.165) is 44.1 Å². The largest absolute Gasteiger partial charge is 0.380 e. The highest BCUT2D eigenvalue weighted by Gasteiger charge is 2.30. The molecule has 0 amide bonds. The molecule has 0 aromatic carbocycles. The van der Waals surface area contributed by atoms with E-state index in [0.29, 0.717) is 12.0 Å². The zero-order valence-electron chi connectivity index (χ0n) is 13.7. The summed E-state index contributed by atoms with van der Waals surface area (Å²) < 4.78 is 5.73. The predicted molar refractivity (Wildman–Crippen MR) is 84.7 cm³/mol. The Bertz CT molecular complexity index is 278. The second kappa shape index (κ2) is 7.77. The molecule has 118 valence electrons. The van der Waals surface area contributed by atoms with Crippen molar-refractivity contribution in [3.8, 4) is 0 Å². The monoisotopic (exact) mass is 282 g/mol. The molecule has 20 heavy (non-hydrogen) atoms. The summed E-state index contributed by atoms with van der Waals surface area (Å²) in [5.41, 5.74) is 6.33. The molecule has 0 radical (unpaired) electrons. The minimum Gasteiger partial charge on any atom is -0.380 e. The number of nitrogens with zero attached hydrogens (tertiary/aromatic N) is 1. The maximum absolute atomic E-state index is 6.33. The van der Waals surface area contributed by atoms with Crippen molar-refractivity contribution in [2.75, 3.05) is 33.4 Å². The molecule has 2 rings (SSSR count). The van der Waals surface area contributed by atoms with Crippen molar-refractivity contribution in [1.29, 1.82) is 0 Å². The van der Waals surface area contributed by atoms with Crippen LogP contribution in [-0.4, -0.2) is 44.3 Å². The fourth-order valence-corrected chi connectivity index (χ4v) is 3.39. The molecule has 2 aliphatic rings.